The number of imide groups is 1. The number of benzene rings is 1. The first-order valence-corrected chi connectivity index (χ1v) is 9.06. The second kappa shape index (κ2) is 7.79. The molecule has 1 saturated heterocycles. The Labute approximate surface area is 143 Å². The van der Waals surface area contributed by atoms with Gasteiger partial charge < -0.3 is 5.32 Å². The number of hydrogen-bond donors (Lipinski definition) is 2. The van der Waals surface area contributed by atoms with E-state index in [-0.39, 0.29) is 18.0 Å². The molecule has 1 aromatic rings. The van der Waals surface area contributed by atoms with Crippen molar-refractivity contribution in [3.05, 3.63) is 35.9 Å². The van der Waals surface area contributed by atoms with Gasteiger partial charge in [0.15, 0.2) is 0 Å². The Balaban J connectivity index is 1.57. The molecule has 3 amide bonds. The molecule has 130 valence electrons. The number of carbonyl (C=O) groups excluding carboxylic acids is 2. The monoisotopic (exact) mass is 329 g/mol. The van der Waals surface area contributed by atoms with Crippen molar-refractivity contribution in [3.8, 4) is 0 Å². The second-order valence-electron chi connectivity index (χ2n) is 6.90. The van der Waals surface area contributed by atoms with Gasteiger partial charge in [0, 0.05) is 12.1 Å². The van der Waals surface area contributed by atoms with Gasteiger partial charge >= 0.3 is 6.03 Å². The Kier molecular flexibility index (Phi) is 5.51. The van der Waals surface area contributed by atoms with Crippen LogP contribution in [0.1, 0.15) is 50.5 Å². The maximum absolute atomic E-state index is 12.2. The summed E-state index contributed by atoms with van der Waals surface area (Å²) in [6.45, 7) is 3.43. The molecule has 2 fully saturated rings. The van der Waals surface area contributed by atoms with E-state index in [1.165, 1.54) is 5.56 Å². The van der Waals surface area contributed by atoms with Crippen LogP contribution in [0, 0.1) is 0 Å². The van der Waals surface area contributed by atoms with E-state index in [0.29, 0.717) is 18.5 Å². The van der Waals surface area contributed by atoms with E-state index in [4.69, 9.17) is 0 Å². The van der Waals surface area contributed by atoms with Crippen LogP contribution >= 0.6 is 0 Å². The molecule has 0 radical (unpaired) electrons. The molecule has 5 heteroatoms. The van der Waals surface area contributed by atoms with Gasteiger partial charge in [0.1, 0.15) is 0 Å². The summed E-state index contributed by atoms with van der Waals surface area (Å²) in [5.74, 6) is 0.227. The number of carbonyl (C=O) groups is 2. The Morgan fingerprint density at radius 1 is 1.21 bits per heavy atom. The van der Waals surface area contributed by atoms with Crippen molar-refractivity contribution in [1.82, 2.24) is 15.5 Å². The number of amides is 3. The Morgan fingerprint density at radius 2 is 1.96 bits per heavy atom. The average molecular weight is 329 g/mol. The fourth-order valence-electron chi connectivity index (χ4n) is 3.73. The average Bonchev–Trinajstić information content (AvgIpc) is 3.27. The number of likely N-dealkylation sites (tertiary alicyclic amines) is 1. The first-order valence-electron chi connectivity index (χ1n) is 9.06. The summed E-state index contributed by atoms with van der Waals surface area (Å²) in [7, 11) is 0. The minimum atomic E-state index is -0.353. The zero-order valence-corrected chi connectivity index (χ0v) is 14.3. The largest absolute Gasteiger partial charge is 0.335 e. The van der Waals surface area contributed by atoms with E-state index in [0.717, 1.165) is 38.6 Å². The summed E-state index contributed by atoms with van der Waals surface area (Å²) in [6, 6.07) is 10.8. The van der Waals surface area contributed by atoms with Crippen LogP contribution in [0.5, 0.6) is 0 Å². The van der Waals surface area contributed by atoms with Crippen LogP contribution in [0.4, 0.5) is 4.79 Å². The van der Waals surface area contributed by atoms with Crippen molar-refractivity contribution in [2.24, 2.45) is 0 Å². The number of hydrogen-bond acceptors (Lipinski definition) is 3. The normalized spacial score (nSPS) is 22.1. The van der Waals surface area contributed by atoms with Crippen molar-refractivity contribution >= 4 is 11.9 Å². The summed E-state index contributed by atoms with van der Waals surface area (Å²) >= 11 is 0. The third-order valence-electron chi connectivity index (χ3n) is 5.06. The molecule has 1 heterocycles. The lowest BCUT2D eigenvalue weighted by Crippen LogP contribution is -2.47. The smallest absolute Gasteiger partial charge is 0.321 e. The standard InChI is InChI=1S/C19H27N3O2/c1-2-16(14-7-4-3-5-8-14)17-9-6-12-22(17)13-18(23)21-19(24)20-15-10-11-15/h3-5,7-8,15-17H,2,6,9-13H2,1H3,(H2,20,21,23,24). The van der Waals surface area contributed by atoms with E-state index in [2.05, 4.69) is 46.7 Å². The van der Waals surface area contributed by atoms with Crippen molar-refractivity contribution < 1.29 is 9.59 Å². The van der Waals surface area contributed by atoms with Crippen molar-refractivity contribution in [1.29, 1.82) is 0 Å². The van der Waals surface area contributed by atoms with E-state index in [1.807, 2.05) is 6.07 Å². The molecule has 2 unspecified atom stereocenters. The summed E-state index contributed by atoms with van der Waals surface area (Å²) in [4.78, 5) is 26.1. The van der Waals surface area contributed by atoms with Crippen LogP contribution in [0.3, 0.4) is 0 Å². The zero-order chi connectivity index (χ0) is 16.9. The van der Waals surface area contributed by atoms with Crippen molar-refractivity contribution in [2.75, 3.05) is 13.1 Å². The third-order valence-corrected chi connectivity index (χ3v) is 5.06. The molecule has 1 aliphatic heterocycles. The molecule has 2 atom stereocenters. The van der Waals surface area contributed by atoms with Gasteiger partial charge in [-0.1, -0.05) is 37.3 Å². The fourth-order valence-corrected chi connectivity index (χ4v) is 3.73. The minimum absolute atomic E-state index is 0.206. The first-order chi connectivity index (χ1) is 11.7. The van der Waals surface area contributed by atoms with Crippen molar-refractivity contribution in [3.63, 3.8) is 0 Å². The van der Waals surface area contributed by atoms with Gasteiger partial charge in [0.05, 0.1) is 6.54 Å². The summed E-state index contributed by atoms with van der Waals surface area (Å²) in [5, 5.41) is 5.26. The molecular formula is C19H27N3O2. The molecule has 0 bridgehead atoms. The van der Waals surface area contributed by atoms with Crippen LogP contribution in [-0.4, -0.2) is 42.0 Å². The van der Waals surface area contributed by atoms with E-state index < -0.39 is 0 Å². The van der Waals surface area contributed by atoms with E-state index in [9.17, 15) is 9.59 Å². The molecule has 2 N–H and O–H groups in total. The van der Waals surface area contributed by atoms with E-state index >= 15 is 0 Å². The highest BCUT2D eigenvalue weighted by atomic mass is 16.2. The molecule has 0 aromatic heterocycles. The number of rotatable bonds is 6. The molecule has 1 saturated carbocycles. The Bertz CT molecular complexity index is 571. The lowest BCUT2D eigenvalue weighted by atomic mass is 9.87. The highest BCUT2D eigenvalue weighted by molar-refractivity contribution is 5.95. The number of nitrogens with one attached hydrogen (secondary N) is 2. The highest BCUT2D eigenvalue weighted by Crippen LogP contribution is 2.33. The molecular weight excluding hydrogens is 302 g/mol. The third kappa shape index (κ3) is 4.35. The maximum Gasteiger partial charge on any atom is 0.321 e. The maximum atomic E-state index is 12.2. The predicted octanol–water partition coefficient (Wildman–Crippen LogP) is 2.63. The predicted molar refractivity (Wildman–Crippen MR) is 93.8 cm³/mol. The van der Waals surface area contributed by atoms with E-state index in [1.54, 1.807) is 0 Å². The van der Waals surface area contributed by atoms with Gasteiger partial charge in [0.25, 0.3) is 0 Å². The topological polar surface area (TPSA) is 61.4 Å². The van der Waals surface area contributed by atoms with Gasteiger partial charge in [-0.25, -0.2) is 4.79 Å². The van der Waals surface area contributed by atoms with Gasteiger partial charge in [-0.2, -0.15) is 0 Å². The minimum Gasteiger partial charge on any atom is -0.335 e. The lowest BCUT2D eigenvalue weighted by molar-refractivity contribution is -0.121. The van der Waals surface area contributed by atoms with Crippen LogP contribution in [0.25, 0.3) is 0 Å². The Hall–Kier alpha value is -1.88. The fraction of sp³-hybridized carbons (Fsp3) is 0.579. The van der Waals surface area contributed by atoms with Gasteiger partial charge in [-0.05, 0) is 50.1 Å². The van der Waals surface area contributed by atoms with Crippen LogP contribution in [0.15, 0.2) is 30.3 Å². The number of urea groups is 1. The highest BCUT2D eigenvalue weighted by Gasteiger charge is 2.33. The molecule has 3 rings (SSSR count). The quantitative estimate of drug-likeness (QED) is 0.843. The summed E-state index contributed by atoms with van der Waals surface area (Å²) < 4.78 is 0. The second-order valence-corrected chi connectivity index (χ2v) is 6.90. The van der Waals surface area contributed by atoms with Gasteiger partial charge in [-0.3, -0.25) is 15.0 Å². The summed E-state index contributed by atoms with van der Waals surface area (Å²) in [6.07, 6.45) is 5.30. The van der Waals surface area contributed by atoms with Crippen LogP contribution in [0.2, 0.25) is 0 Å². The van der Waals surface area contributed by atoms with Crippen molar-refractivity contribution in [2.45, 2.75) is 57.0 Å². The van der Waals surface area contributed by atoms with Gasteiger partial charge in [-0.15, -0.1) is 0 Å². The van der Waals surface area contributed by atoms with Crippen LogP contribution in [-0.2, 0) is 4.79 Å². The lowest BCUT2D eigenvalue weighted by Gasteiger charge is -2.31. The number of nitrogens with zero attached hydrogens (tertiary/aromatic N) is 1. The molecule has 1 aliphatic carbocycles. The molecule has 0 spiro atoms. The molecule has 24 heavy (non-hydrogen) atoms. The molecule has 1 aromatic carbocycles. The van der Waals surface area contributed by atoms with Gasteiger partial charge in [0.2, 0.25) is 5.91 Å². The summed E-state index contributed by atoms with van der Waals surface area (Å²) in [5.41, 5.74) is 1.34. The first kappa shape index (κ1) is 17.0. The Morgan fingerprint density at radius 3 is 2.62 bits per heavy atom. The molecule has 5 nitrogen and oxygen atoms in total. The SMILES string of the molecule is CCC(c1ccccc1)C1CCCN1CC(=O)NC(=O)NC1CC1. The van der Waals surface area contributed by atoms with Crippen LogP contribution < -0.4 is 10.6 Å². The molecule has 2 aliphatic rings. The zero-order valence-electron chi connectivity index (χ0n) is 14.3.